The van der Waals surface area contributed by atoms with Crippen LogP contribution in [0.25, 0.3) is 5.52 Å². The van der Waals surface area contributed by atoms with Gasteiger partial charge in [0.1, 0.15) is 11.2 Å². The summed E-state index contributed by atoms with van der Waals surface area (Å²) in [5, 5.41) is 11.8. The number of nitrogens with zero attached hydrogens (tertiary/aromatic N) is 6. The molecule has 1 aliphatic carbocycles. The highest BCUT2D eigenvalue weighted by Gasteiger charge is 2.32. The molecule has 0 bridgehead atoms. The minimum absolute atomic E-state index is 0.113. The Morgan fingerprint density at radius 2 is 2.08 bits per heavy atom. The monoisotopic (exact) mass is 337 g/mol. The summed E-state index contributed by atoms with van der Waals surface area (Å²) in [6.07, 6.45) is 7.91. The predicted octanol–water partition coefficient (Wildman–Crippen LogP) is 0.959. The van der Waals surface area contributed by atoms with Gasteiger partial charge in [0.2, 0.25) is 0 Å². The first-order valence-electron chi connectivity index (χ1n) is 8.57. The van der Waals surface area contributed by atoms with Gasteiger partial charge < -0.3 is 10.2 Å². The number of carbonyl (C=O) groups is 1. The molecule has 0 spiro atoms. The minimum atomic E-state index is -0.128. The molecular formula is C17H19N7O. The number of aryl methyl sites for hydroxylation is 1. The van der Waals surface area contributed by atoms with E-state index in [0.717, 1.165) is 30.1 Å². The van der Waals surface area contributed by atoms with Crippen LogP contribution in [-0.2, 0) is 7.05 Å². The average molecular weight is 337 g/mol. The van der Waals surface area contributed by atoms with Crippen LogP contribution >= 0.6 is 0 Å². The molecule has 0 unspecified atom stereocenters. The quantitative estimate of drug-likeness (QED) is 0.767. The zero-order valence-corrected chi connectivity index (χ0v) is 14.0. The molecule has 8 nitrogen and oxygen atoms in total. The number of hydrogen-bond donors (Lipinski definition) is 1. The van der Waals surface area contributed by atoms with Crippen LogP contribution < -0.4 is 10.2 Å². The van der Waals surface area contributed by atoms with E-state index in [1.807, 2.05) is 10.7 Å². The van der Waals surface area contributed by atoms with Crippen molar-refractivity contribution in [1.29, 1.82) is 0 Å². The van der Waals surface area contributed by atoms with Gasteiger partial charge in [-0.15, -0.1) is 0 Å². The number of hydrogen-bond acceptors (Lipinski definition) is 5. The van der Waals surface area contributed by atoms with E-state index in [-0.39, 0.29) is 11.9 Å². The lowest BCUT2D eigenvalue weighted by molar-refractivity contribution is 0.0924. The zero-order valence-electron chi connectivity index (χ0n) is 14.0. The first-order chi connectivity index (χ1) is 12.2. The van der Waals surface area contributed by atoms with Gasteiger partial charge in [-0.2, -0.15) is 10.2 Å². The number of fused-ring (bicyclic) bond motifs is 1. The highest BCUT2D eigenvalue weighted by molar-refractivity contribution is 5.92. The number of aromatic nitrogens is 5. The highest BCUT2D eigenvalue weighted by Crippen LogP contribution is 2.40. The molecule has 1 amide bonds. The van der Waals surface area contributed by atoms with Crippen LogP contribution in [0.15, 0.2) is 30.7 Å². The van der Waals surface area contributed by atoms with E-state index in [9.17, 15) is 4.79 Å². The summed E-state index contributed by atoms with van der Waals surface area (Å²) in [5.41, 5.74) is 2.65. The molecule has 0 radical (unpaired) electrons. The van der Waals surface area contributed by atoms with Crippen molar-refractivity contribution in [1.82, 2.24) is 29.7 Å². The number of anilines is 1. The van der Waals surface area contributed by atoms with Gasteiger partial charge in [0.25, 0.3) is 5.91 Å². The van der Waals surface area contributed by atoms with E-state index >= 15 is 0 Å². The second-order valence-corrected chi connectivity index (χ2v) is 6.87. The summed E-state index contributed by atoms with van der Waals surface area (Å²) in [7, 11) is 1.80. The second kappa shape index (κ2) is 5.30. The predicted molar refractivity (Wildman–Crippen MR) is 91.6 cm³/mol. The van der Waals surface area contributed by atoms with Crippen LogP contribution in [0, 0.1) is 0 Å². The molecule has 1 saturated carbocycles. The Labute approximate surface area is 144 Å². The molecule has 3 aromatic rings. The van der Waals surface area contributed by atoms with Gasteiger partial charge in [-0.1, -0.05) is 0 Å². The lowest BCUT2D eigenvalue weighted by atomic mass is 10.1. The van der Waals surface area contributed by atoms with Gasteiger partial charge in [-0.25, -0.2) is 9.50 Å². The van der Waals surface area contributed by atoms with E-state index in [4.69, 9.17) is 0 Å². The molecule has 1 saturated heterocycles. The van der Waals surface area contributed by atoms with Gasteiger partial charge >= 0.3 is 0 Å². The molecule has 2 aliphatic rings. The SMILES string of the molecule is Cn1ccc(C(=O)NC2CN(c3nccn4nc(C5CC5)cc34)C2)n1. The van der Waals surface area contributed by atoms with Crippen molar-refractivity contribution in [3.8, 4) is 0 Å². The van der Waals surface area contributed by atoms with Gasteiger partial charge in [0.05, 0.1) is 11.7 Å². The number of carbonyl (C=O) groups excluding carboxylic acids is 1. The number of nitrogens with one attached hydrogen (secondary N) is 1. The van der Waals surface area contributed by atoms with Crippen LogP contribution in [0.2, 0.25) is 0 Å². The zero-order chi connectivity index (χ0) is 17.0. The van der Waals surface area contributed by atoms with E-state index in [1.54, 1.807) is 30.2 Å². The molecule has 8 heteroatoms. The van der Waals surface area contributed by atoms with Crippen molar-refractivity contribution >= 4 is 17.2 Å². The fourth-order valence-corrected chi connectivity index (χ4v) is 3.29. The largest absolute Gasteiger partial charge is 0.351 e. The maximum Gasteiger partial charge on any atom is 0.272 e. The summed E-state index contributed by atoms with van der Waals surface area (Å²) in [6.45, 7) is 1.49. The van der Waals surface area contributed by atoms with Crippen LogP contribution in [0.3, 0.4) is 0 Å². The topological polar surface area (TPSA) is 80.4 Å². The van der Waals surface area contributed by atoms with Crippen LogP contribution in [-0.4, -0.2) is 49.4 Å². The fraction of sp³-hybridized carbons (Fsp3) is 0.412. The summed E-state index contributed by atoms with van der Waals surface area (Å²) in [4.78, 5) is 18.9. The van der Waals surface area contributed by atoms with Crippen molar-refractivity contribution in [2.75, 3.05) is 18.0 Å². The summed E-state index contributed by atoms with van der Waals surface area (Å²) >= 11 is 0. The molecule has 128 valence electrons. The molecule has 0 aromatic carbocycles. The average Bonchev–Trinajstić information content (AvgIpc) is 3.17. The number of amides is 1. The van der Waals surface area contributed by atoms with Crippen molar-refractivity contribution in [2.45, 2.75) is 24.8 Å². The smallest absolute Gasteiger partial charge is 0.272 e. The first-order valence-corrected chi connectivity index (χ1v) is 8.57. The lowest BCUT2D eigenvalue weighted by Crippen LogP contribution is -2.59. The Hall–Kier alpha value is -2.90. The molecule has 0 atom stereocenters. The van der Waals surface area contributed by atoms with Crippen molar-refractivity contribution in [3.05, 3.63) is 42.1 Å². The van der Waals surface area contributed by atoms with E-state index in [2.05, 4.69) is 31.5 Å². The Bertz CT molecular complexity index is 949. The van der Waals surface area contributed by atoms with E-state index in [0.29, 0.717) is 11.6 Å². The standard InChI is InChI=1S/C17H19N7O/c1-22-6-4-13(20-22)17(25)19-12-9-23(10-12)16-15-8-14(11-2-3-11)21-24(15)7-5-18-16/h4-8,11-12H,2-3,9-10H2,1H3,(H,19,25). The second-order valence-electron chi connectivity index (χ2n) is 6.87. The Balaban J connectivity index is 1.28. The molecule has 1 aliphatic heterocycles. The van der Waals surface area contributed by atoms with Crippen molar-refractivity contribution in [3.63, 3.8) is 0 Å². The van der Waals surface area contributed by atoms with Crippen LogP contribution in [0.1, 0.15) is 34.9 Å². The van der Waals surface area contributed by atoms with Crippen molar-refractivity contribution in [2.24, 2.45) is 7.05 Å². The third-order valence-electron chi connectivity index (χ3n) is 4.85. The molecule has 5 rings (SSSR count). The van der Waals surface area contributed by atoms with Crippen LogP contribution in [0.5, 0.6) is 0 Å². The Morgan fingerprint density at radius 3 is 2.80 bits per heavy atom. The fourth-order valence-electron chi connectivity index (χ4n) is 3.29. The van der Waals surface area contributed by atoms with Gasteiger partial charge in [-0.3, -0.25) is 9.48 Å². The maximum absolute atomic E-state index is 12.2. The van der Waals surface area contributed by atoms with E-state index < -0.39 is 0 Å². The third-order valence-corrected chi connectivity index (χ3v) is 4.85. The Kier molecular flexibility index (Phi) is 3.06. The Morgan fingerprint density at radius 1 is 1.24 bits per heavy atom. The first kappa shape index (κ1) is 14.4. The molecule has 2 fully saturated rings. The summed E-state index contributed by atoms with van der Waals surface area (Å²) in [5.74, 6) is 1.43. The normalized spacial score (nSPS) is 17.7. The summed E-state index contributed by atoms with van der Waals surface area (Å²) in [6, 6.07) is 3.99. The third kappa shape index (κ3) is 2.54. The molecule has 3 aromatic heterocycles. The van der Waals surface area contributed by atoms with Gasteiger partial charge in [0.15, 0.2) is 5.82 Å². The minimum Gasteiger partial charge on any atom is -0.351 e. The van der Waals surface area contributed by atoms with Gasteiger partial charge in [0, 0.05) is 44.6 Å². The summed E-state index contributed by atoms with van der Waals surface area (Å²) < 4.78 is 3.54. The van der Waals surface area contributed by atoms with Crippen molar-refractivity contribution < 1.29 is 4.79 Å². The molecule has 1 N–H and O–H groups in total. The lowest BCUT2D eigenvalue weighted by Gasteiger charge is -2.40. The molecule has 25 heavy (non-hydrogen) atoms. The van der Waals surface area contributed by atoms with Crippen LogP contribution in [0.4, 0.5) is 5.82 Å². The number of rotatable bonds is 4. The maximum atomic E-state index is 12.2. The molecular weight excluding hydrogens is 318 g/mol. The van der Waals surface area contributed by atoms with Gasteiger partial charge in [-0.05, 0) is 25.0 Å². The molecule has 4 heterocycles. The highest BCUT2D eigenvalue weighted by atomic mass is 16.2. The van der Waals surface area contributed by atoms with E-state index in [1.165, 1.54) is 12.8 Å².